The van der Waals surface area contributed by atoms with Gasteiger partial charge in [-0.3, -0.25) is 20.2 Å². The highest BCUT2D eigenvalue weighted by atomic mass is 35.5. The first-order valence-electron chi connectivity index (χ1n) is 6.89. The number of hydrogen-bond acceptors (Lipinski definition) is 6. The molecule has 9 nitrogen and oxygen atoms in total. The van der Waals surface area contributed by atoms with Crippen LogP contribution in [0.3, 0.4) is 0 Å². The number of hydrogen-bond donors (Lipinski definition) is 2. The second-order valence-corrected chi connectivity index (χ2v) is 5.24. The number of nitrogens with two attached hydrogens (primary N) is 1. The second kappa shape index (κ2) is 6.57. The Balaban J connectivity index is 1.82. The summed E-state index contributed by atoms with van der Waals surface area (Å²) in [7, 11) is 0. The molecule has 1 aromatic heterocycles. The molecule has 10 heteroatoms. The number of oxazole rings is 1. The molecule has 25 heavy (non-hydrogen) atoms. The molecule has 0 aliphatic carbocycles. The molecule has 126 valence electrons. The van der Waals surface area contributed by atoms with Crippen LogP contribution in [0.1, 0.15) is 10.4 Å². The van der Waals surface area contributed by atoms with Gasteiger partial charge in [0.1, 0.15) is 5.52 Å². The van der Waals surface area contributed by atoms with Crippen molar-refractivity contribution in [2.24, 2.45) is 10.7 Å². The van der Waals surface area contributed by atoms with E-state index in [0.29, 0.717) is 11.1 Å². The fourth-order valence-corrected chi connectivity index (χ4v) is 2.23. The van der Waals surface area contributed by atoms with Crippen molar-refractivity contribution in [3.63, 3.8) is 0 Å². The monoisotopic (exact) mass is 359 g/mol. The van der Waals surface area contributed by atoms with Crippen molar-refractivity contribution < 1.29 is 14.1 Å². The summed E-state index contributed by atoms with van der Waals surface area (Å²) < 4.78 is 5.35. The lowest BCUT2D eigenvalue weighted by Crippen LogP contribution is -2.36. The standard InChI is InChI=1S/C15H10ClN5O4/c16-10-6-5-8(21(23)24)7-9(10)13(22)19-14(17)20-15-18-11-3-1-2-4-12(11)25-15/h1-7H,(H3,17,18,19,20,22). The number of aromatic nitrogens is 1. The van der Waals surface area contributed by atoms with Gasteiger partial charge in [0.25, 0.3) is 11.6 Å². The summed E-state index contributed by atoms with van der Waals surface area (Å²) in [4.78, 5) is 30.3. The van der Waals surface area contributed by atoms with E-state index < -0.39 is 10.8 Å². The summed E-state index contributed by atoms with van der Waals surface area (Å²) in [5.74, 6) is -1.04. The SMILES string of the molecule is NC(=Nc1nc2ccccc2o1)NC(=O)c1cc([N+](=O)[O-])ccc1Cl. The summed E-state index contributed by atoms with van der Waals surface area (Å²) in [6.07, 6.45) is 0. The van der Waals surface area contributed by atoms with Gasteiger partial charge in [-0.25, -0.2) is 0 Å². The number of amides is 1. The Morgan fingerprint density at radius 2 is 2.08 bits per heavy atom. The van der Waals surface area contributed by atoms with Gasteiger partial charge in [0, 0.05) is 12.1 Å². The number of halogens is 1. The number of para-hydroxylation sites is 2. The van der Waals surface area contributed by atoms with Crippen LogP contribution in [0.25, 0.3) is 11.1 Å². The third-order valence-electron chi connectivity index (χ3n) is 3.15. The molecule has 0 radical (unpaired) electrons. The number of aliphatic imine (C=N–C) groups is 1. The van der Waals surface area contributed by atoms with E-state index in [1.165, 1.54) is 12.1 Å². The van der Waals surface area contributed by atoms with Crippen molar-refractivity contribution >= 4 is 46.3 Å². The van der Waals surface area contributed by atoms with E-state index in [2.05, 4.69) is 15.3 Å². The molecule has 1 heterocycles. The lowest BCUT2D eigenvalue weighted by molar-refractivity contribution is -0.384. The average molecular weight is 360 g/mol. The fraction of sp³-hybridized carbons (Fsp3) is 0. The van der Waals surface area contributed by atoms with Crippen LogP contribution in [0, 0.1) is 10.1 Å². The number of benzene rings is 2. The van der Waals surface area contributed by atoms with Crippen LogP contribution >= 0.6 is 11.6 Å². The van der Waals surface area contributed by atoms with Gasteiger partial charge in [-0.05, 0) is 18.2 Å². The minimum atomic E-state index is -0.744. The summed E-state index contributed by atoms with van der Waals surface area (Å²) in [6.45, 7) is 0. The van der Waals surface area contributed by atoms with E-state index in [1.807, 2.05) is 0 Å². The summed E-state index contributed by atoms with van der Waals surface area (Å²) >= 11 is 5.90. The number of nitro benzene ring substituents is 1. The smallest absolute Gasteiger partial charge is 0.325 e. The molecule has 0 unspecified atom stereocenters. The van der Waals surface area contributed by atoms with Gasteiger partial charge < -0.3 is 10.2 Å². The van der Waals surface area contributed by atoms with Gasteiger partial charge in [0.2, 0.25) is 5.96 Å². The van der Waals surface area contributed by atoms with Crippen LogP contribution in [0.15, 0.2) is 51.9 Å². The maximum atomic E-state index is 12.2. The Labute approximate surface area is 145 Å². The quantitative estimate of drug-likeness (QED) is 0.319. The first kappa shape index (κ1) is 16.4. The molecule has 0 saturated carbocycles. The number of guanidine groups is 1. The number of carbonyl (C=O) groups excluding carboxylic acids is 1. The van der Waals surface area contributed by atoms with E-state index in [-0.39, 0.29) is 28.2 Å². The van der Waals surface area contributed by atoms with Crippen molar-refractivity contribution in [2.45, 2.75) is 0 Å². The van der Waals surface area contributed by atoms with Crippen molar-refractivity contribution in [3.05, 3.63) is 63.2 Å². The molecule has 1 amide bonds. The highest BCUT2D eigenvalue weighted by molar-refractivity contribution is 6.34. The maximum absolute atomic E-state index is 12.2. The third-order valence-corrected chi connectivity index (χ3v) is 3.48. The summed E-state index contributed by atoms with van der Waals surface area (Å²) in [5.41, 5.74) is 6.38. The van der Waals surface area contributed by atoms with E-state index in [4.69, 9.17) is 21.8 Å². The minimum absolute atomic E-state index is 0.0378. The van der Waals surface area contributed by atoms with E-state index in [0.717, 1.165) is 6.07 Å². The lowest BCUT2D eigenvalue weighted by atomic mass is 10.2. The maximum Gasteiger partial charge on any atom is 0.325 e. The van der Waals surface area contributed by atoms with E-state index >= 15 is 0 Å². The van der Waals surface area contributed by atoms with Crippen LogP contribution in [0.5, 0.6) is 0 Å². The molecule has 3 aromatic rings. The molecule has 0 aliphatic rings. The van der Waals surface area contributed by atoms with Gasteiger partial charge in [-0.2, -0.15) is 9.98 Å². The molecular formula is C15H10ClN5O4. The first-order valence-corrected chi connectivity index (χ1v) is 7.27. The molecule has 0 aliphatic heterocycles. The number of carbonyl (C=O) groups is 1. The van der Waals surface area contributed by atoms with Crippen LogP contribution < -0.4 is 11.1 Å². The molecule has 3 rings (SSSR count). The molecule has 3 N–H and O–H groups in total. The van der Waals surface area contributed by atoms with Gasteiger partial charge >= 0.3 is 6.01 Å². The van der Waals surface area contributed by atoms with Crippen molar-refractivity contribution in [2.75, 3.05) is 0 Å². The Bertz CT molecular complexity index is 981. The van der Waals surface area contributed by atoms with Crippen molar-refractivity contribution in [3.8, 4) is 0 Å². The fourth-order valence-electron chi connectivity index (χ4n) is 2.02. The highest BCUT2D eigenvalue weighted by Crippen LogP contribution is 2.22. The van der Waals surface area contributed by atoms with Gasteiger partial charge in [-0.1, -0.05) is 23.7 Å². The first-order chi connectivity index (χ1) is 11.9. The van der Waals surface area contributed by atoms with Crippen LogP contribution in [-0.2, 0) is 0 Å². The zero-order chi connectivity index (χ0) is 18.0. The van der Waals surface area contributed by atoms with Gasteiger partial charge in [0.05, 0.1) is 15.5 Å². The predicted octanol–water partition coefficient (Wildman–Crippen LogP) is 2.77. The lowest BCUT2D eigenvalue weighted by Gasteiger charge is -2.05. The molecule has 0 fully saturated rings. The number of nitro groups is 1. The normalized spacial score (nSPS) is 11.5. The summed E-state index contributed by atoms with van der Waals surface area (Å²) in [6, 6.07) is 10.4. The zero-order valence-corrected chi connectivity index (χ0v) is 13.2. The Morgan fingerprint density at radius 1 is 1.32 bits per heavy atom. The second-order valence-electron chi connectivity index (χ2n) is 4.84. The number of rotatable bonds is 3. The van der Waals surface area contributed by atoms with Crippen molar-refractivity contribution in [1.82, 2.24) is 10.3 Å². The van der Waals surface area contributed by atoms with E-state index in [1.54, 1.807) is 24.3 Å². The summed E-state index contributed by atoms with van der Waals surface area (Å²) in [5, 5.41) is 13.1. The van der Waals surface area contributed by atoms with Crippen LogP contribution in [-0.4, -0.2) is 21.8 Å². The van der Waals surface area contributed by atoms with Crippen LogP contribution in [0.4, 0.5) is 11.7 Å². The van der Waals surface area contributed by atoms with Gasteiger partial charge in [-0.15, -0.1) is 0 Å². The number of nitrogens with one attached hydrogen (secondary N) is 1. The molecule has 2 aromatic carbocycles. The zero-order valence-electron chi connectivity index (χ0n) is 12.5. The Hall–Kier alpha value is -3.46. The Kier molecular flexibility index (Phi) is 4.31. The molecule has 0 saturated heterocycles. The number of non-ortho nitro benzene ring substituents is 1. The molecular weight excluding hydrogens is 350 g/mol. The average Bonchev–Trinajstić information content (AvgIpc) is 2.96. The van der Waals surface area contributed by atoms with Crippen LogP contribution in [0.2, 0.25) is 5.02 Å². The topological polar surface area (TPSA) is 137 Å². The molecule has 0 spiro atoms. The Morgan fingerprint density at radius 3 is 2.80 bits per heavy atom. The van der Waals surface area contributed by atoms with E-state index in [9.17, 15) is 14.9 Å². The van der Waals surface area contributed by atoms with Gasteiger partial charge in [0.15, 0.2) is 5.58 Å². The highest BCUT2D eigenvalue weighted by Gasteiger charge is 2.17. The molecule has 0 bridgehead atoms. The predicted molar refractivity (Wildman–Crippen MR) is 90.9 cm³/mol. The largest absolute Gasteiger partial charge is 0.422 e. The minimum Gasteiger partial charge on any atom is -0.422 e. The number of fused-ring (bicyclic) bond motifs is 1. The van der Waals surface area contributed by atoms with Crippen molar-refractivity contribution in [1.29, 1.82) is 0 Å². The molecule has 0 atom stereocenters. The number of nitrogens with zero attached hydrogens (tertiary/aromatic N) is 3. The third kappa shape index (κ3) is 3.56.